The van der Waals surface area contributed by atoms with Crippen LogP contribution in [0.4, 0.5) is 11.4 Å². The first-order valence-corrected chi connectivity index (χ1v) is 5.53. The minimum atomic E-state index is -0.450. The molecule has 0 aliphatic heterocycles. The van der Waals surface area contributed by atoms with E-state index in [0.717, 1.165) is 0 Å². The van der Waals surface area contributed by atoms with Crippen molar-refractivity contribution in [3.05, 3.63) is 51.1 Å². The molecule has 0 radical (unpaired) electrons. The van der Waals surface area contributed by atoms with Gasteiger partial charge in [-0.3, -0.25) is 15.1 Å². The Bertz CT molecular complexity index is 587. The van der Waals surface area contributed by atoms with Crippen molar-refractivity contribution in [3.63, 3.8) is 0 Å². The smallest absolute Gasteiger partial charge is 0.279 e. The van der Waals surface area contributed by atoms with Crippen molar-refractivity contribution in [2.75, 3.05) is 5.73 Å². The summed E-state index contributed by atoms with van der Waals surface area (Å²) in [6.45, 7) is 0. The highest BCUT2D eigenvalue weighted by Crippen LogP contribution is 2.33. The number of nitrogens with zero attached hydrogens (tertiary/aromatic N) is 2. The van der Waals surface area contributed by atoms with Crippen LogP contribution in [0.5, 0.6) is 0 Å². The van der Waals surface area contributed by atoms with Crippen LogP contribution < -0.4 is 5.73 Å². The summed E-state index contributed by atoms with van der Waals surface area (Å²) >= 11 is 3.20. The highest BCUT2D eigenvalue weighted by Gasteiger charge is 2.18. The molecule has 0 aliphatic rings. The number of nitro groups is 1. The number of nitrogens with two attached hydrogens (primary N) is 1. The van der Waals surface area contributed by atoms with Gasteiger partial charge in [-0.15, -0.1) is 0 Å². The van der Waals surface area contributed by atoms with Crippen molar-refractivity contribution in [2.45, 2.75) is 0 Å². The summed E-state index contributed by atoms with van der Waals surface area (Å²) in [5, 5.41) is 11.0. The average Bonchev–Trinajstić information content (AvgIpc) is 2.30. The fourth-order valence-corrected chi connectivity index (χ4v) is 1.85. The van der Waals surface area contributed by atoms with E-state index in [1.54, 1.807) is 30.5 Å². The number of hydrogen-bond donors (Lipinski definition) is 1. The van der Waals surface area contributed by atoms with Gasteiger partial charge in [-0.2, -0.15) is 0 Å². The fraction of sp³-hybridized carbons (Fsp3) is 0. The Labute approximate surface area is 106 Å². The molecule has 0 saturated heterocycles. The molecule has 0 unspecified atom stereocenters. The molecule has 1 aromatic carbocycles. The number of benzene rings is 1. The van der Waals surface area contributed by atoms with Crippen LogP contribution in [0.3, 0.4) is 0 Å². The molecule has 5 nitrogen and oxygen atoms in total. The van der Waals surface area contributed by atoms with E-state index in [1.165, 1.54) is 6.07 Å². The van der Waals surface area contributed by atoms with E-state index < -0.39 is 4.92 Å². The second kappa shape index (κ2) is 4.50. The second-order valence-corrected chi connectivity index (χ2v) is 4.28. The lowest BCUT2D eigenvalue weighted by atomic mass is 10.1. The number of halogens is 1. The van der Waals surface area contributed by atoms with E-state index in [2.05, 4.69) is 20.9 Å². The van der Waals surface area contributed by atoms with Crippen molar-refractivity contribution in [3.8, 4) is 11.3 Å². The molecule has 1 heterocycles. The number of hydrogen-bond acceptors (Lipinski definition) is 4. The maximum atomic E-state index is 11.0. The molecular formula is C11H8BrN3O2. The number of anilines is 1. The Morgan fingerprint density at radius 3 is 2.76 bits per heavy atom. The maximum absolute atomic E-state index is 11.0. The molecule has 0 bridgehead atoms. The summed E-state index contributed by atoms with van der Waals surface area (Å²) in [4.78, 5) is 14.6. The normalized spacial score (nSPS) is 10.2. The van der Waals surface area contributed by atoms with Crippen molar-refractivity contribution in [1.29, 1.82) is 0 Å². The van der Waals surface area contributed by atoms with E-state index >= 15 is 0 Å². The third kappa shape index (κ3) is 2.26. The standard InChI is InChI=1S/C11H8BrN3O2/c12-7-3-4-8(10(6-7)15(16)17)11-9(13)2-1-5-14-11/h1-6H,13H2. The first kappa shape index (κ1) is 11.5. The van der Waals surface area contributed by atoms with Gasteiger partial charge in [-0.05, 0) is 24.3 Å². The van der Waals surface area contributed by atoms with Crippen LogP contribution in [0, 0.1) is 10.1 Å². The Balaban J connectivity index is 2.68. The lowest BCUT2D eigenvalue weighted by Gasteiger charge is -2.05. The van der Waals surface area contributed by atoms with Crippen LogP contribution in [0.15, 0.2) is 41.0 Å². The molecule has 0 spiro atoms. The second-order valence-electron chi connectivity index (χ2n) is 3.36. The zero-order chi connectivity index (χ0) is 12.4. The summed E-state index contributed by atoms with van der Waals surface area (Å²) in [5.74, 6) is 0. The molecule has 2 rings (SSSR count). The number of pyridine rings is 1. The van der Waals surface area contributed by atoms with Crippen LogP contribution >= 0.6 is 15.9 Å². The Hall–Kier alpha value is -1.95. The number of nitrogen functional groups attached to an aromatic ring is 1. The maximum Gasteiger partial charge on any atom is 0.279 e. The largest absolute Gasteiger partial charge is 0.397 e. The molecule has 0 atom stereocenters. The summed E-state index contributed by atoms with van der Waals surface area (Å²) in [6.07, 6.45) is 1.55. The molecule has 0 aliphatic carbocycles. The van der Waals surface area contributed by atoms with Crippen molar-refractivity contribution >= 4 is 27.3 Å². The average molecular weight is 294 g/mol. The Kier molecular flexibility index (Phi) is 3.06. The van der Waals surface area contributed by atoms with Gasteiger partial charge >= 0.3 is 0 Å². The van der Waals surface area contributed by atoms with Gasteiger partial charge in [0.2, 0.25) is 0 Å². The van der Waals surface area contributed by atoms with E-state index in [4.69, 9.17) is 5.73 Å². The lowest BCUT2D eigenvalue weighted by Crippen LogP contribution is -1.97. The van der Waals surface area contributed by atoms with E-state index in [1.807, 2.05) is 0 Å². The van der Waals surface area contributed by atoms with Gasteiger partial charge in [0.05, 0.1) is 21.9 Å². The third-order valence-corrected chi connectivity index (χ3v) is 2.74. The summed E-state index contributed by atoms with van der Waals surface area (Å²) in [5.41, 5.74) is 6.99. The van der Waals surface area contributed by atoms with E-state index in [-0.39, 0.29) is 5.69 Å². The molecule has 0 amide bonds. The molecule has 1 aromatic heterocycles. The van der Waals surface area contributed by atoms with E-state index in [9.17, 15) is 10.1 Å². The van der Waals surface area contributed by atoms with E-state index in [0.29, 0.717) is 21.4 Å². The first-order valence-electron chi connectivity index (χ1n) is 4.74. The van der Waals surface area contributed by atoms with Crippen LogP contribution in [0.2, 0.25) is 0 Å². The highest BCUT2D eigenvalue weighted by atomic mass is 79.9. The molecule has 86 valence electrons. The minimum Gasteiger partial charge on any atom is -0.397 e. The van der Waals surface area contributed by atoms with Crippen LogP contribution in [0.1, 0.15) is 0 Å². The van der Waals surface area contributed by atoms with Gasteiger partial charge in [0, 0.05) is 16.7 Å². The Morgan fingerprint density at radius 2 is 2.12 bits per heavy atom. The quantitative estimate of drug-likeness (QED) is 0.681. The van der Waals surface area contributed by atoms with Crippen molar-refractivity contribution < 1.29 is 4.92 Å². The fourth-order valence-electron chi connectivity index (χ4n) is 1.50. The first-order chi connectivity index (χ1) is 8.09. The highest BCUT2D eigenvalue weighted by molar-refractivity contribution is 9.10. The van der Waals surface area contributed by atoms with Gasteiger partial charge in [-0.1, -0.05) is 15.9 Å². The number of nitro benzene ring substituents is 1. The topological polar surface area (TPSA) is 82.0 Å². The summed E-state index contributed by atoms with van der Waals surface area (Å²) < 4.78 is 0.641. The molecule has 17 heavy (non-hydrogen) atoms. The number of aromatic nitrogens is 1. The molecule has 6 heteroatoms. The predicted octanol–water partition coefficient (Wildman–Crippen LogP) is 3.00. The zero-order valence-corrected chi connectivity index (χ0v) is 10.2. The minimum absolute atomic E-state index is 0.0234. The molecule has 0 fully saturated rings. The third-order valence-electron chi connectivity index (χ3n) is 2.25. The van der Waals surface area contributed by atoms with Gasteiger partial charge < -0.3 is 5.73 Å². The Morgan fingerprint density at radius 1 is 1.35 bits per heavy atom. The van der Waals surface area contributed by atoms with Gasteiger partial charge in [0.25, 0.3) is 5.69 Å². The number of rotatable bonds is 2. The van der Waals surface area contributed by atoms with Gasteiger partial charge in [0.15, 0.2) is 0 Å². The summed E-state index contributed by atoms with van der Waals surface area (Å²) in [6, 6.07) is 8.12. The van der Waals surface area contributed by atoms with Gasteiger partial charge in [-0.25, -0.2) is 0 Å². The predicted molar refractivity (Wildman–Crippen MR) is 68.4 cm³/mol. The monoisotopic (exact) mass is 293 g/mol. The molecule has 2 N–H and O–H groups in total. The molecule has 0 saturated carbocycles. The SMILES string of the molecule is Nc1cccnc1-c1ccc(Br)cc1[N+](=O)[O-]. The van der Waals surface area contributed by atoms with Crippen LogP contribution in [0.25, 0.3) is 11.3 Å². The van der Waals surface area contributed by atoms with Crippen LogP contribution in [-0.2, 0) is 0 Å². The lowest BCUT2D eigenvalue weighted by molar-refractivity contribution is -0.384. The molecule has 2 aromatic rings. The molecular weight excluding hydrogens is 286 g/mol. The zero-order valence-electron chi connectivity index (χ0n) is 8.63. The van der Waals surface area contributed by atoms with Crippen molar-refractivity contribution in [1.82, 2.24) is 4.98 Å². The summed E-state index contributed by atoms with van der Waals surface area (Å²) in [7, 11) is 0. The van der Waals surface area contributed by atoms with Crippen LogP contribution in [-0.4, -0.2) is 9.91 Å². The van der Waals surface area contributed by atoms with Gasteiger partial charge in [0.1, 0.15) is 0 Å². The van der Waals surface area contributed by atoms with Crippen molar-refractivity contribution in [2.24, 2.45) is 0 Å².